The lowest BCUT2D eigenvalue weighted by atomic mass is 9.98. The molecule has 32 heavy (non-hydrogen) atoms. The molecule has 7 nitrogen and oxygen atoms in total. The highest BCUT2D eigenvalue weighted by atomic mass is 16.2. The molecule has 0 fully saturated rings. The Bertz CT molecular complexity index is 553. The Morgan fingerprint density at radius 1 is 0.656 bits per heavy atom. The molecule has 1 unspecified atom stereocenters. The van der Waals surface area contributed by atoms with Crippen LogP contribution in [0.4, 0.5) is 0 Å². The van der Waals surface area contributed by atoms with E-state index >= 15 is 0 Å². The molecule has 0 aliphatic heterocycles. The van der Waals surface area contributed by atoms with Gasteiger partial charge in [0, 0.05) is 34.2 Å². The van der Waals surface area contributed by atoms with Gasteiger partial charge in [0.15, 0.2) is 0 Å². The first-order valence-electron chi connectivity index (χ1n) is 12.4. The summed E-state index contributed by atoms with van der Waals surface area (Å²) in [7, 11) is 6.96. The van der Waals surface area contributed by atoms with Crippen molar-refractivity contribution < 1.29 is 14.4 Å². The van der Waals surface area contributed by atoms with Crippen LogP contribution in [0.1, 0.15) is 72.6 Å². The first-order valence-corrected chi connectivity index (χ1v) is 12.4. The normalized spacial score (nSPS) is 12.2. The van der Waals surface area contributed by atoms with E-state index in [9.17, 15) is 14.4 Å². The number of unbranched alkanes of at least 4 members (excludes halogenated alkanes) is 3. The van der Waals surface area contributed by atoms with E-state index < -0.39 is 0 Å². The largest absolute Gasteiger partial charge is 0.344 e. The molecule has 0 aromatic rings. The van der Waals surface area contributed by atoms with Gasteiger partial charge in [0.2, 0.25) is 17.7 Å². The zero-order valence-electron chi connectivity index (χ0n) is 22.2. The Kier molecular flexibility index (Phi) is 16.1. The van der Waals surface area contributed by atoms with Crippen LogP contribution < -0.4 is 0 Å². The van der Waals surface area contributed by atoms with Gasteiger partial charge in [-0.15, -0.1) is 0 Å². The summed E-state index contributed by atoms with van der Waals surface area (Å²) in [6, 6.07) is 0. The highest BCUT2D eigenvalue weighted by molar-refractivity contribution is 5.88. The number of amides is 3. The summed E-state index contributed by atoms with van der Waals surface area (Å²) in [5.41, 5.74) is 0. The van der Waals surface area contributed by atoms with Gasteiger partial charge in [0.05, 0.1) is 19.6 Å². The first-order chi connectivity index (χ1) is 15.0. The van der Waals surface area contributed by atoms with E-state index in [1.54, 1.807) is 26.0 Å². The van der Waals surface area contributed by atoms with Crippen LogP contribution in [0.25, 0.3) is 0 Å². The van der Waals surface area contributed by atoms with Gasteiger partial charge in [-0.25, -0.2) is 0 Å². The minimum absolute atomic E-state index is 0.0165. The lowest BCUT2D eigenvalue weighted by molar-refractivity contribution is -0.142. The predicted octanol–water partition coefficient (Wildman–Crippen LogP) is 3.34. The molecule has 0 aliphatic rings. The molecule has 0 N–H and O–H groups in total. The minimum atomic E-state index is -0.227. The van der Waals surface area contributed by atoms with Crippen molar-refractivity contribution in [3.63, 3.8) is 0 Å². The Hall–Kier alpha value is -1.63. The van der Waals surface area contributed by atoms with E-state index in [0.717, 1.165) is 19.4 Å². The van der Waals surface area contributed by atoms with Crippen LogP contribution in [-0.2, 0) is 14.4 Å². The van der Waals surface area contributed by atoms with Crippen molar-refractivity contribution in [1.82, 2.24) is 19.6 Å². The summed E-state index contributed by atoms with van der Waals surface area (Å²) in [6.45, 7) is 10.6. The third kappa shape index (κ3) is 14.4. The van der Waals surface area contributed by atoms with Crippen LogP contribution in [0.15, 0.2) is 0 Å². The van der Waals surface area contributed by atoms with E-state index in [-0.39, 0.29) is 37.4 Å². The first kappa shape index (κ1) is 30.4. The molecular formula is C25H50N4O3. The summed E-state index contributed by atoms with van der Waals surface area (Å²) in [6.07, 6.45) is 8.55. The van der Waals surface area contributed by atoms with Crippen LogP contribution >= 0.6 is 0 Å². The number of hydrogen-bond acceptors (Lipinski definition) is 4. The zero-order chi connectivity index (χ0) is 24.7. The predicted molar refractivity (Wildman–Crippen MR) is 132 cm³/mol. The molecule has 0 rings (SSSR count). The van der Waals surface area contributed by atoms with Crippen molar-refractivity contribution in [2.75, 3.05) is 60.9 Å². The van der Waals surface area contributed by atoms with Crippen LogP contribution in [0.3, 0.4) is 0 Å². The standard InChI is InChI=1S/C25H50N4O3/c1-9-10-11-12-14-22(4)15-13-16-27(6)24(31)19-29(8)25(32)20-28(7)23(30)18-26(5)17-21(2)3/h21-22H,9-20H2,1-8H3. The van der Waals surface area contributed by atoms with Crippen molar-refractivity contribution in [2.45, 2.75) is 72.6 Å². The SMILES string of the molecule is CCCCCCC(C)CCCN(C)C(=O)CN(C)C(=O)CN(C)C(=O)CN(C)CC(C)C. The number of hydrogen-bond donors (Lipinski definition) is 0. The van der Waals surface area contributed by atoms with Gasteiger partial charge < -0.3 is 14.7 Å². The second-order valence-electron chi connectivity index (χ2n) is 10.0. The maximum Gasteiger partial charge on any atom is 0.242 e. The fourth-order valence-corrected chi connectivity index (χ4v) is 3.73. The highest BCUT2D eigenvalue weighted by Crippen LogP contribution is 2.15. The van der Waals surface area contributed by atoms with Crippen LogP contribution in [-0.4, -0.2) is 98.2 Å². The van der Waals surface area contributed by atoms with Gasteiger partial charge in [0.25, 0.3) is 0 Å². The maximum absolute atomic E-state index is 12.5. The van der Waals surface area contributed by atoms with E-state index in [2.05, 4.69) is 27.7 Å². The van der Waals surface area contributed by atoms with E-state index in [4.69, 9.17) is 0 Å². The molecule has 1 atom stereocenters. The van der Waals surface area contributed by atoms with Crippen LogP contribution in [0.5, 0.6) is 0 Å². The van der Waals surface area contributed by atoms with Crippen molar-refractivity contribution in [3.05, 3.63) is 0 Å². The molecule has 7 heteroatoms. The van der Waals surface area contributed by atoms with Gasteiger partial charge in [0.1, 0.15) is 0 Å². The second kappa shape index (κ2) is 16.9. The van der Waals surface area contributed by atoms with Gasteiger partial charge in [-0.05, 0) is 31.7 Å². The van der Waals surface area contributed by atoms with Crippen molar-refractivity contribution in [1.29, 1.82) is 0 Å². The van der Waals surface area contributed by atoms with Gasteiger partial charge >= 0.3 is 0 Å². The number of carbonyl (C=O) groups excluding carboxylic acids is 3. The smallest absolute Gasteiger partial charge is 0.242 e. The Labute approximate surface area is 197 Å². The summed E-state index contributed by atoms with van der Waals surface area (Å²) in [5, 5.41) is 0. The highest BCUT2D eigenvalue weighted by Gasteiger charge is 2.20. The van der Waals surface area contributed by atoms with Crippen LogP contribution in [0.2, 0.25) is 0 Å². The Balaban J connectivity index is 4.24. The number of nitrogens with zero attached hydrogens (tertiary/aromatic N) is 4. The third-order valence-electron chi connectivity index (χ3n) is 5.85. The molecule has 0 heterocycles. The molecule has 0 spiro atoms. The van der Waals surface area contributed by atoms with Crippen LogP contribution in [0, 0.1) is 11.8 Å². The third-order valence-corrected chi connectivity index (χ3v) is 5.85. The summed E-state index contributed by atoms with van der Waals surface area (Å²) < 4.78 is 0. The van der Waals surface area contributed by atoms with E-state index in [1.165, 1.54) is 41.9 Å². The topological polar surface area (TPSA) is 64.2 Å². The Morgan fingerprint density at radius 3 is 1.69 bits per heavy atom. The van der Waals surface area contributed by atoms with E-state index in [0.29, 0.717) is 18.4 Å². The van der Waals surface area contributed by atoms with Gasteiger partial charge in [-0.2, -0.15) is 0 Å². The fourth-order valence-electron chi connectivity index (χ4n) is 3.73. The molecule has 0 bridgehead atoms. The Morgan fingerprint density at radius 2 is 1.16 bits per heavy atom. The summed E-state index contributed by atoms with van der Waals surface area (Å²) in [4.78, 5) is 43.8. The molecule has 188 valence electrons. The molecule has 0 radical (unpaired) electrons. The quantitative estimate of drug-likeness (QED) is 0.316. The number of rotatable bonds is 17. The fraction of sp³-hybridized carbons (Fsp3) is 0.880. The van der Waals surface area contributed by atoms with Gasteiger partial charge in [-0.1, -0.05) is 59.8 Å². The monoisotopic (exact) mass is 454 g/mol. The lowest BCUT2D eigenvalue weighted by Crippen LogP contribution is -2.46. The van der Waals surface area contributed by atoms with Crippen molar-refractivity contribution in [2.24, 2.45) is 11.8 Å². The molecular weight excluding hydrogens is 404 g/mol. The molecule has 3 amide bonds. The van der Waals surface area contributed by atoms with Crippen molar-refractivity contribution >= 4 is 17.7 Å². The lowest BCUT2D eigenvalue weighted by Gasteiger charge is -2.26. The molecule has 0 saturated heterocycles. The second-order valence-corrected chi connectivity index (χ2v) is 10.0. The molecule has 0 saturated carbocycles. The number of carbonyl (C=O) groups is 3. The minimum Gasteiger partial charge on any atom is -0.344 e. The molecule has 0 aromatic carbocycles. The van der Waals surface area contributed by atoms with Gasteiger partial charge in [-0.3, -0.25) is 19.3 Å². The molecule has 0 aliphatic carbocycles. The van der Waals surface area contributed by atoms with Crippen molar-refractivity contribution in [3.8, 4) is 0 Å². The zero-order valence-corrected chi connectivity index (χ0v) is 22.2. The summed E-state index contributed by atoms with van der Waals surface area (Å²) >= 11 is 0. The maximum atomic E-state index is 12.5. The number of likely N-dealkylation sites (N-methyl/N-ethyl adjacent to an activating group) is 4. The van der Waals surface area contributed by atoms with E-state index in [1.807, 2.05) is 11.9 Å². The molecule has 0 aromatic heterocycles. The average Bonchev–Trinajstić information content (AvgIpc) is 2.70. The summed E-state index contributed by atoms with van der Waals surface area (Å²) in [5.74, 6) is 0.772. The average molecular weight is 455 g/mol.